The summed E-state index contributed by atoms with van der Waals surface area (Å²) in [5, 5.41) is 2.95. The van der Waals surface area contributed by atoms with Crippen LogP contribution in [-0.2, 0) is 4.79 Å². The number of hydrogen-bond donors (Lipinski definition) is 1. The molecular weight excluding hydrogens is 298 g/mol. The van der Waals surface area contributed by atoms with Crippen molar-refractivity contribution in [2.24, 2.45) is 17.8 Å². The van der Waals surface area contributed by atoms with Crippen molar-refractivity contribution in [2.45, 2.75) is 65.7 Å². The molecule has 0 aliphatic heterocycles. The molecule has 2 unspecified atom stereocenters. The van der Waals surface area contributed by atoms with Gasteiger partial charge >= 0.3 is 0 Å². The number of amides is 1. The number of nitrogens with one attached hydrogen (secondary N) is 1. The average molecular weight is 329 g/mol. The monoisotopic (exact) mass is 329 g/mol. The van der Waals surface area contributed by atoms with Crippen LogP contribution in [0.4, 0.5) is 5.69 Å². The Hall–Kier alpha value is -1.64. The lowest BCUT2D eigenvalue weighted by Crippen LogP contribution is -2.23. The van der Waals surface area contributed by atoms with Crippen LogP contribution in [0, 0.1) is 17.8 Å². The number of rotatable bonds is 7. The third kappa shape index (κ3) is 5.47. The van der Waals surface area contributed by atoms with E-state index in [-0.39, 0.29) is 11.7 Å². The number of ketones is 1. The van der Waals surface area contributed by atoms with Crippen molar-refractivity contribution in [1.29, 1.82) is 0 Å². The van der Waals surface area contributed by atoms with Crippen LogP contribution < -0.4 is 5.32 Å². The molecule has 24 heavy (non-hydrogen) atoms. The van der Waals surface area contributed by atoms with E-state index in [0.717, 1.165) is 23.9 Å². The van der Waals surface area contributed by atoms with Gasteiger partial charge < -0.3 is 5.32 Å². The highest BCUT2D eigenvalue weighted by Crippen LogP contribution is 2.38. The lowest BCUT2D eigenvalue weighted by atomic mass is 9.72. The smallest absolute Gasteiger partial charge is 0.224 e. The molecule has 2 atom stereocenters. The van der Waals surface area contributed by atoms with Crippen LogP contribution in [0.2, 0.25) is 0 Å². The van der Waals surface area contributed by atoms with Gasteiger partial charge in [0.1, 0.15) is 0 Å². The van der Waals surface area contributed by atoms with Gasteiger partial charge in [0.25, 0.3) is 0 Å². The molecule has 2 rings (SSSR count). The van der Waals surface area contributed by atoms with Crippen molar-refractivity contribution in [3.8, 4) is 0 Å². The summed E-state index contributed by atoms with van der Waals surface area (Å²) in [6.07, 6.45) is 8.05. The Labute approximate surface area is 146 Å². The first kappa shape index (κ1) is 18.7. The fraction of sp³-hybridized carbons (Fsp3) is 0.619. The highest BCUT2D eigenvalue weighted by Gasteiger charge is 2.27. The normalized spacial score (nSPS) is 23.7. The largest absolute Gasteiger partial charge is 0.326 e. The topological polar surface area (TPSA) is 46.2 Å². The Kier molecular flexibility index (Phi) is 7.01. The molecule has 1 amide bonds. The van der Waals surface area contributed by atoms with Gasteiger partial charge in [0.15, 0.2) is 5.78 Å². The highest BCUT2D eigenvalue weighted by molar-refractivity contribution is 5.95. The Morgan fingerprint density at radius 3 is 2.00 bits per heavy atom. The first-order valence-corrected chi connectivity index (χ1v) is 9.42. The fourth-order valence-corrected chi connectivity index (χ4v) is 3.95. The van der Waals surface area contributed by atoms with Crippen molar-refractivity contribution in [2.75, 3.05) is 5.32 Å². The molecule has 1 N–H and O–H groups in total. The van der Waals surface area contributed by atoms with Gasteiger partial charge in [-0.1, -0.05) is 26.7 Å². The summed E-state index contributed by atoms with van der Waals surface area (Å²) in [7, 11) is 0. The summed E-state index contributed by atoms with van der Waals surface area (Å²) in [6, 6.07) is 7.12. The molecule has 0 radical (unpaired) electrons. The van der Waals surface area contributed by atoms with Gasteiger partial charge in [0, 0.05) is 17.7 Å². The van der Waals surface area contributed by atoms with E-state index >= 15 is 0 Å². The molecule has 0 spiro atoms. The summed E-state index contributed by atoms with van der Waals surface area (Å²) in [5.41, 5.74) is 1.44. The van der Waals surface area contributed by atoms with Gasteiger partial charge in [0.2, 0.25) is 5.91 Å². The molecule has 0 bridgehead atoms. The molecule has 0 saturated heterocycles. The number of benzene rings is 1. The quantitative estimate of drug-likeness (QED) is 0.675. The predicted octanol–water partition coefficient (Wildman–Crippen LogP) is 5.46. The van der Waals surface area contributed by atoms with E-state index in [9.17, 15) is 9.59 Å². The maximum absolute atomic E-state index is 12.2. The molecule has 0 aromatic heterocycles. The van der Waals surface area contributed by atoms with Gasteiger partial charge in [-0.2, -0.15) is 0 Å². The van der Waals surface area contributed by atoms with Crippen molar-refractivity contribution >= 4 is 17.4 Å². The second-order valence-corrected chi connectivity index (χ2v) is 7.34. The van der Waals surface area contributed by atoms with Crippen molar-refractivity contribution in [1.82, 2.24) is 0 Å². The summed E-state index contributed by atoms with van der Waals surface area (Å²) in [5.74, 6) is 2.50. The van der Waals surface area contributed by atoms with Gasteiger partial charge in [-0.15, -0.1) is 0 Å². The minimum absolute atomic E-state index is 0.0427. The van der Waals surface area contributed by atoms with Crippen LogP contribution in [0.25, 0.3) is 0 Å². The maximum atomic E-state index is 12.2. The Bertz CT molecular complexity index is 537. The molecule has 132 valence electrons. The van der Waals surface area contributed by atoms with Crippen molar-refractivity contribution < 1.29 is 9.59 Å². The molecule has 1 fully saturated rings. The summed E-state index contributed by atoms with van der Waals surface area (Å²) >= 11 is 0. The zero-order chi connectivity index (χ0) is 17.5. The summed E-state index contributed by atoms with van der Waals surface area (Å²) < 4.78 is 0. The Morgan fingerprint density at radius 2 is 1.50 bits per heavy atom. The first-order chi connectivity index (χ1) is 11.5. The van der Waals surface area contributed by atoms with E-state index in [1.807, 2.05) is 0 Å². The molecule has 3 heteroatoms. The van der Waals surface area contributed by atoms with Crippen LogP contribution in [-0.4, -0.2) is 11.7 Å². The fourth-order valence-electron chi connectivity index (χ4n) is 3.95. The number of Topliss-reactive ketones (excluding diaryl/α,β-unsaturated/α-hetero) is 1. The van der Waals surface area contributed by atoms with Gasteiger partial charge in [-0.05, 0) is 74.6 Å². The molecule has 1 aliphatic rings. The summed E-state index contributed by atoms with van der Waals surface area (Å²) in [6.45, 7) is 6.12. The van der Waals surface area contributed by atoms with E-state index in [0.29, 0.717) is 17.9 Å². The van der Waals surface area contributed by atoms with E-state index < -0.39 is 0 Å². The molecule has 3 nitrogen and oxygen atoms in total. The molecule has 0 heterocycles. The van der Waals surface area contributed by atoms with Gasteiger partial charge in [-0.3, -0.25) is 9.59 Å². The second kappa shape index (κ2) is 9.00. The van der Waals surface area contributed by atoms with Crippen LogP contribution in [0.1, 0.15) is 76.1 Å². The number of carbonyl (C=O) groups is 2. The van der Waals surface area contributed by atoms with E-state index in [1.165, 1.54) is 32.1 Å². The minimum Gasteiger partial charge on any atom is -0.326 e. The lowest BCUT2D eigenvalue weighted by molar-refractivity contribution is -0.116. The van der Waals surface area contributed by atoms with Crippen molar-refractivity contribution in [3.05, 3.63) is 29.8 Å². The standard InChI is InChI=1S/C21H31NO2/c1-4-16-12-17(5-2)14-18(13-16)6-11-21(24)22-20-9-7-19(8-10-20)15(3)23/h7-10,16-18H,4-6,11-14H2,1-3H3,(H,22,24). The Morgan fingerprint density at radius 1 is 0.958 bits per heavy atom. The SMILES string of the molecule is CCC1CC(CC)CC(CCC(=O)Nc2ccc(C(C)=O)cc2)C1. The average Bonchev–Trinajstić information content (AvgIpc) is 2.60. The zero-order valence-corrected chi connectivity index (χ0v) is 15.3. The molecule has 1 aliphatic carbocycles. The zero-order valence-electron chi connectivity index (χ0n) is 15.3. The molecule has 1 aromatic rings. The number of hydrogen-bond acceptors (Lipinski definition) is 2. The van der Waals surface area contributed by atoms with E-state index in [1.54, 1.807) is 31.2 Å². The third-order valence-electron chi connectivity index (χ3n) is 5.51. The van der Waals surface area contributed by atoms with E-state index in [4.69, 9.17) is 0 Å². The van der Waals surface area contributed by atoms with Gasteiger partial charge in [0.05, 0.1) is 0 Å². The van der Waals surface area contributed by atoms with Gasteiger partial charge in [-0.25, -0.2) is 0 Å². The number of carbonyl (C=O) groups excluding carboxylic acids is 2. The predicted molar refractivity (Wildman–Crippen MR) is 99.2 cm³/mol. The van der Waals surface area contributed by atoms with Crippen LogP contribution in [0.3, 0.4) is 0 Å². The number of anilines is 1. The lowest BCUT2D eigenvalue weighted by Gasteiger charge is -2.34. The maximum Gasteiger partial charge on any atom is 0.224 e. The van der Waals surface area contributed by atoms with Crippen molar-refractivity contribution in [3.63, 3.8) is 0 Å². The first-order valence-electron chi connectivity index (χ1n) is 9.42. The van der Waals surface area contributed by atoms with Crippen LogP contribution in [0.15, 0.2) is 24.3 Å². The van der Waals surface area contributed by atoms with E-state index in [2.05, 4.69) is 19.2 Å². The molecule has 1 saturated carbocycles. The molecule has 1 aromatic carbocycles. The minimum atomic E-state index is 0.0427. The summed E-state index contributed by atoms with van der Waals surface area (Å²) in [4.78, 5) is 23.5. The Balaban J connectivity index is 1.80. The van der Waals surface area contributed by atoms with Crippen LogP contribution in [0.5, 0.6) is 0 Å². The third-order valence-corrected chi connectivity index (χ3v) is 5.51. The molecular formula is C21H31NO2. The second-order valence-electron chi connectivity index (χ2n) is 7.34. The highest BCUT2D eigenvalue weighted by atomic mass is 16.1. The van der Waals surface area contributed by atoms with Crippen LogP contribution >= 0.6 is 0 Å².